The molecule has 0 saturated carbocycles. The first-order chi connectivity index (χ1) is 15.8. The summed E-state index contributed by atoms with van der Waals surface area (Å²) in [4.78, 5) is 29.4. The first kappa shape index (κ1) is 24.2. The molecule has 172 valence electrons. The summed E-state index contributed by atoms with van der Waals surface area (Å²) in [7, 11) is 1.83. The summed E-state index contributed by atoms with van der Waals surface area (Å²) >= 11 is 0. The Kier molecular flexibility index (Phi) is 8.42. The number of hydrogen-bond donors (Lipinski definition) is 0. The van der Waals surface area contributed by atoms with E-state index < -0.39 is 0 Å². The van der Waals surface area contributed by atoms with Crippen LogP contribution in [0.3, 0.4) is 0 Å². The van der Waals surface area contributed by atoms with Gasteiger partial charge in [0.1, 0.15) is 0 Å². The number of carbonyl (C=O) groups excluding carboxylic acids is 2. The molecule has 0 aliphatic heterocycles. The Morgan fingerprint density at radius 2 is 1.39 bits per heavy atom. The first-order valence-electron chi connectivity index (χ1n) is 11.5. The van der Waals surface area contributed by atoms with Crippen molar-refractivity contribution in [1.29, 1.82) is 0 Å². The van der Waals surface area contributed by atoms with Gasteiger partial charge in [-0.1, -0.05) is 80.6 Å². The van der Waals surface area contributed by atoms with Crippen LogP contribution < -0.4 is 4.90 Å². The standard InChI is InChI=1S/C29H34N2O2/c1-22(2)18-29(33)31(21-26-13-9-8-10-23(26)3)27-16-14-24(15-17-27)19-28(32)30(4)20-25-11-6-5-7-12-25/h5-17,22H,18-21H2,1-4H3. The lowest BCUT2D eigenvalue weighted by molar-refractivity contribution is -0.129. The highest BCUT2D eigenvalue weighted by atomic mass is 16.2. The number of amides is 2. The molecule has 4 heteroatoms. The molecule has 33 heavy (non-hydrogen) atoms. The molecule has 0 bridgehead atoms. The number of carbonyl (C=O) groups is 2. The van der Waals surface area contributed by atoms with Gasteiger partial charge in [0, 0.05) is 25.7 Å². The zero-order chi connectivity index (χ0) is 23.8. The fourth-order valence-corrected chi connectivity index (χ4v) is 3.79. The van der Waals surface area contributed by atoms with E-state index in [2.05, 4.69) is 32.9 Å². The summed E-state index contributed by atoms with van der Waals surface area (Å²) in [6.07, 6.45) is 0.831. The van der Waals surface area contributed by atoms with Crippen molar-refractivity contribution >= 4 is 17.5 Å². The molecule has 0 aliphatic carbocycles. The number of hydrogen-bond acceptors (Lipinski definition) is 2. The van der Waals surface area contributed by atoms with E-state index in [-0.39, 0.29) is 17.7 Å². The van der Waals surface area contributed by atoms with E-state index in [0.717, 1.165) is 22.4 Å². The number of nitrogens with zero attached hydrogens (tertiary/aromatic N) is 2. The van der Waals surface area contributed by atoms with Crippen molar-refractivity contribution in [2.45, 2.75) is 46.7 Å². The second kappa shape index (κ2) is 11.5. The van der Waals surface area contributed by atoms with Gasteiger partial charge >= 0.3 is 0 Å². The average molecular weight is 443 g/mol. The second-order valence-electron chi connectivity index (χ2n) is 9.08. The predicted molar refractivity (Wildman–Crippen MR) is 135 cm³/mol. The molecule has 0 aromatic heterocycles. The number of rotatable bonds is 9. The van der Waals surface area contributed by atoms with E-state index >= 15 is 0 Å². The third-order valence-electron chi connectivity index (χ3n) is 5.77. The normalized spacial score (nSPS) is 10.8. The number of benzene rings is 3. The van der Waals surface area contributed by atoms with Crippen LogP contribution in [0.5, 0.6) is 0 Å². The maximum absolute atomic E-state index is 13.1. The van der Waals surface area contributed by atoms with Crippen LogP contribution in [0, 0.1) is 12.8 Å². The fourth-order valence-electron chi connectivity index (χ4n) is 3.79. The molecule has 0 N–H and O–H groups in total. The average Bonchev–Trinajstić information content (AvgIpc) is 2.79. The Hall–Kier alpha value is -3.40. The molecular formula is C29H34N2O2. The van der Waals surface area contributed by atoms with E-state index in [1.54, 1.807) is 4.90 Å². The minimum Gasteiger partial charge on any atom is -0.341 e. The summed E-state index contributed by atoms with van der Waals surface area (Å²) in [5.74, 6) is 0.466. The lowest BCUT2D eigenvalue weighted by Gasteiger charge is -2.25. The van der Waals surface area contributed by atoms with Crippen molar-refractivity contribution < 1.29 is 9.59 Å². The van der Waals surface area contributed by atoms with Gasteiger partial charge in [0.25, 0.3) is 0 Å². The van der Waals surface area contributed by atoms with E-state index in [1.165, 1.54) is 5.56 Å². The smallest absolute Gasteiger partial charge is 0.227 e. The van der Waals surface area contributed by atoms with Crippen molar-refractivity contribution in [2.75, 3.05) is 11.9 Å². The third-order valence-corrected chi connectivity index (χ3v) is 5.77. The van der Waals surface area contributed by atoms with Crippen molar-refractivity contribution in [3.63, 3.8) is 0 Å². The van der Waals surface area contributed by atoms with Crippen LogP contribution in [0.25, 0.3) is 0 Å². The maximum Gasteiger partial charge on any atom is 0.227 e. The molecule has 0 radical (unpaired) electrons. The summed E-state index contributed by atoms with van der Waals surface area (Å²) in [5, 5.41) is 0. The highest BCUT2D eigenvalue weighted by molar-refractivity contribution is 5.93. The molecule has 0 unspecified atom stereocenters. The van der Waals surface area contributed by atoms with Crippen LogP contribution in [0.1, 0.15) is 42.5 Å². The van der Waals surface area contributed by atoms with Gasteiger partial charge in [-0.05, 0) is 47.2 Å². The molecule has 2 amide bonds. The van der Waals surface area contributed by atoms with Crippen molar-refractivity contribution in [3.05, 3.63) is 101 Å². The fraction of sp³-hybridized carbons (Fsp3) is 0.310. The van der Waals surface area contributed by atoms with Crippen LogP contribution in [0.15, 0.2) is 78.9 Å². The monoisotopic (exact) mass is 442 g/mol. The molecule has 0 saturated heterocycles. The highest BCUT2D eigenvalue weighted by Crippen LogP contribution is 2.22. The Bertz CT molecular complexity index is 1060. The largest absolute Gasteiger partial charge is 0.341 e. The maximum atomic E-state index is 13.1. The Labute approximate surface area is 197 Å². The van der Waals surface area contributed by atoms with Crippen molar-refractivity contribution in [2.24, 2.45) is 5.92 Å². The Morgan fingerprint density at radius 1 is 0.758 bits per heavy atom. The van der Waals surface area contributed by atoms with Crippen LogP contribution >= 0.6 is 0 Å². The van der Waals surface area contributed by atoms with E-state index in [9.17, 15) is 9.59 Å². The molecule has 3 rings (SSSR count). The van der Waals surface area contributed by atoms with Crippen LogP contribution in [0.2, 0.25) is 0 Å². The van der Waals surface area contributed by atoms with Gasteiger partial charge in [-0.2, -0.15) is 0 Å². The van der Waals surface area contributed by atoms with Crippen LogP contribution in [0.4, 0.5) is 5.69 Å². The molecule has 0 atom stereocenters. The molecule has 0 aliphatic rings. The van der Waals surface area contributed by atoms with Gasteiger partial charge in [0.05, 0.1) is 13.0 Å². The zero-order valence-corrected chi connectivity index (χ0v) is 20.1. The summed E-state index contributed by atoms with van der Waals surface area (Å²) in [5.41, 5.74) is 5.22. The Morgan fingerprint density at radius 3 is 2.03 bits per heavy atom. The topological polar surface area (TPSA) is 40.6 Å². The quantitative estimate of drug-likeness (QED) is 0.422. The predicted octanol–water partition coefficient (Wildman–Crippen LogP) is 5.78. The van der Waals surface area contributed by atoms with Gasteiger partial charge in [0.2, 0.25) is 11.8 Å². The molecule has 0 heterocycles. The van der Waals surface area contributed by atoms with Gasteiger partial charge in [-0.3, -0.25) is 9.59 Å². The molecule has 0 fully saturated rings. The van der Waals surface area contributed by atoms with Gasteiger partial charge in [-0.25, -0.2) is 0 Å². The molecule has 0 spiro atoms. The van der Waals surface area contributed by atoms with Crippen LogP contribution in [-0.4, -0.2) is 23.8 Å². The van der Waals surface area contributed by atoms with E-state index in [4.69, 9.17) is 0 Å². The molecule has 3 aromatic carbocycles. The number of aryl methyl sites for hydroxylation is 1. The van der Waals surface area contributed by atoms with Gasteiger partial charge in [0.15, 0.2) is 0 Å². The molecule has 3 aromatic rings. The van der Waals surface area contributed by atoms with Crippen molar-refractivity contribution in [3.8, 4) is 0 Å². The first-order valence-corrected chi connectivity index (χ1v) is 11.5. The molecular weight excluding hydrogens is 408 g/mol. The lowest BCUT2D eigenvalue weighted by Crippen LogP contribution is -2.31. The SMILES string of the molecule is Cc1ccccc1CN(C(=O)CC(C)C)c1ccc(CC(=O)N(C)Cc2ccccc2)cc1. The summed E-state index contributed by atoms with van der Waals surface area (Å²) in [6, 6.07) is 26.0. The molecule has 4 nitrogen and oxygen atoms in total. The third kappa shape index (κ3) is 7.04. The van der Waals surface area contributed by atoms with Crippen LogP contribution in [-0.2, 0) is 29.1 Å². The zero-order valence-electron chi connectivity index (χ0n) is 20.1. The second-order valence-corrected chi connectivity index (χ2v) is 9.08. The van der Waals surface area contributed by atoms with Crippen molar-refractivity contribution in [1.82, 2.24) is 4.90 Å². The highest BCUT2D eigenvalue weighted by Gasteiger charge is 2.19. The minimum atomic E-state index is 0.0688. The number of likely N-dealkylation sites (N-methyl/N-ethyl adjacent to an activating group) is 1. The lowest BCUT2D eigenvalue weighted by atomic mass is 10.1. The van der Waals surface area contributed by atoms with Gasteiger partial charge < -0.3 is 9.80 Å². The Balaban J connectivity index is 1.71. The summed E-state index contributed by atoms with van der Waals surface area (Å²) < 4.78 is 0. The van der Waals surface area contributed by atoms with E-state index in [1.807, 2.05) is 78.7 Å². The summed E-state index contributed by atoms with van der Waals surface area (Å²) in [6.45, 7) is 7.32. The number of anilines is 1. The van der Waals surface area contributed by atoms with E-state index in [0.29, 0.717) is 25.9 Å². The minimum absolute atomic E-state index is 0.0688. The van der Waals surface area contributed by atoms with Gasteiger partial charge in [-0.15, -0.1) is 0 Å².